The number of hydrogen-bond acceptors (Lipinski definition) is 5. The van der Waals surface area contributed by atoms with Crippen LogP contribution in [0.1, 0.15) is 278 Å². The van der Waals surface area contributed by atoms with Crippen LogP contribution in [0.4, 0.5) is 0 Å². The van der Waals surface area contributed by atoms with E-state index in [1.165, 1.54) is 173 Å². The van der Waals surface area contributed by atoms with Crippen LogP contribution in [0.25, 0.3) is 0 Å². The van der Waals surface area contributed by atoms with Gasteiger partial charge >= 0.3 is 11.9 Å². The van der Waals surface area contributed by atoms with Crippen LogP contribution < -0.4 is 0 Å². The number of unbranched alkanes of at least 4 members (excludes halogenated alkanes) is 31. The van der Waals surface area contributed by atoms with Gasteiger partial charge in [-0.25, -0.2) is 0 Å². The zero-order valence-corrected chi connectivity index (χ0v) is 41.6. The van der Waals surface area contributed by atoms with Crippen molar-refractivity contribution in [3.8, 4) is 0 Å². The summed E-state index contributed by atoms with van der Waals surface area (Å²) in [6, 6.07) is 0. The number of carbonyl (C=O) groups is 2. The molecular formula is C57H104O5. The fraction of sp³-hybridized carbons (Fsp3) is 0.825. The molecule has 0 aliphatic rings. The molecule has 0 spiro atoms. The first-order valence-electron chi connectivity index (χ1n) is 27.2. The fourth-order valence-electron chi connectivity index (χ4n) is 7.75. The highest BCUT2D eigenvalue weighted by atomic mass is 16.6. The van der Waals surface area contributed by atoms with Gasteiger partial charge in [0.2, 0.25) is 0 Å². The maximum absolute atomic E-state index is 12.8. The molecule has 0 unspecified atom stereocenters. The normalized spacial score (nSPS) is 12.5. The van der Waals surface area contributed by atoms with E-state index in [0.29, 0.717) is 19.4 Å². The molecule has 362 valence electrons. The number of ether oxygens (including phenoxy) is 3. The van der Waals surface area contributed by atoms with Crippen LogP contribution in [-0.2, 0) is 23.8 Å². The second kappa shape index (κ2) is 53.2. The molecule has 0 saturated carbocycles. The van der Waals surface area contributed by atoms with Gasteiger partial charge in [0.05, 0.1) is 6.61 Å². The molecule has 1 atom stereocenters. The van der Waals surface area contributed by atoms with Crippen LogP contribution >= 0.6 is 0 Å². The van der Waals surface area contributed by atoms with Crippen molar-refractivity contribution in [3.05, 3.63) is 48.6 Å². The number of hydrogen-bond donors (Lipinski definition) is 0. The minimum Gasteiger partial charge on any atom is -0.462 e. The summed E-state index contributed by atoms with van der Waals surface area (Å²) in [5.41, 5.74) is 0. The Hall–Kier alpha value is -2.14. The molecule has 0 rings (SSSR count). The van der Waals surface area contributed by atoms with Crippen LogP contribution in [0.5, 0.6) is 0 Å². The van der Waals surface area contributed by atoms with Crippen LogP contribution in [0.3, 0.4) is 0 Å². The molecule has 0 bridgehead atoms. The van der Waals surface area contributed by atoms with Gasteiger partial charge in [-0.2, -0.15) is 0 Å². The minimum absolute atomic E-state index is 0.0655. The zero-order chi connectivity index (χ0) is 44.9. The molecule has 0 N–H and O–H groups in total. The minimum atomic E-state index is -0.553. The van der Waals surface area contributed by atoms with Gasteiger partial charge in [0.1, 0.15) is 6.61 Å². The van der Waals surface area contributed by atoms with Crippen molar-refractivity contribution < 1.29 is 23.8 Å². The van der Waals surface area contributed by atoms with Crippen LogP contribution in [-0.4, -0.2) is 37.9 Å². The first-order chi connectivity index (χ1) is 30.6. The molecule has 0 saturated heterocycles. The SMILES string of the molecule is CCCCC/C=C\C/C=C\C/C=C\CCCCC(=O)OC[C@@H](COCCCCCCCCCCCCCCCCCC)OC(=O)CCCCCCC/C=C\CCCCCCCC. The van der Waals surface area contributed by atoms with E-state index in [1.54, 1.807) is 0 Å². The lowest BCUT2D eigenvalue weighted by atomic mass is 10.0. The average molecular weight is 869 g/mol. The first-order valence-corrected chi connectivity index (χ1v) is 27.2. The zero-order valence-electron chi connectivity index (χ0n) is 41.6. The van der Waals surface area contributed by atoms with Crippen LogP contribution in [0.2, 0.25) is 0 Å². The van der Waals surface area contributed by atoms with Crippen molar-refractivity contribution >= 4 is 11.9 Å². The summed E-state index contributed by atoms with van der Waals surface area (Å²) < 4.78 is 17.4. The Kier molecular flexibility index (Phi) is 51.4. The quantitative estimate of drug-likeness (QED) is 0.0346. The van der Waals surface area contributed by atoms with E-state index < -0.39 is 6.10 Å². The van der Waals surface area contributed by atoms with E-state index in [0.717, 1.165) is 70.6 Å². The molecule has 5 heteroatoms. The van der Waals surface area contributed by atoms with Crippen LogP contribution in [0, 0.1) is 0 Å². The molecule has 0 amide bonds. The third-order valence-electron chi connectivity index (χ3n) is 11.8. The van der Waals surface area contributed by atoms with Gasteiger partial charge < -0.3 is 14.2 Å². The van der Waals surface area contributed by atoms with E-state index in [9.17, 15) is 9.59 Å². The predicted octanol–water partition coefficient (Wildman–Crippen LogP) is 18.3. The van der Waals surface area contributed by atoms with Crippen molar-refractivity contribution in [2.24, 2.45) is 0 Å². The van der Waals surface area contributed by atoms with Crippen molar-refractivity contribution in [1.29, 1.82) is 0 Å². The molecule has 0 aromatic rings. The molecule has 0 heterocycles. The summed E-state index contributed by atoms with van der Waals surface area (Å²) in [6.45, 7) is 7.79. The van der Waals surface area contributed by atoms with E-state index in [2.05, 4.69) is 69.4 Å². The fourth-order valence-corrected chi connectivity index (χ4v) is 7.75. The van der Waals surface area contributed by atoms with E-state index in [4.69, 9.17) is 14.2 Å². The topological polar surface area (TPSA) is 61.8 Å². The Labute approximate surface area is 386 Å². The molecule has 62 heavy (non-hydrogen) atoms. The molecular weight excluding hydrogens is 765 g/mol. The Balaban J connectivity index is 4.31. The summed E-state index contributed by atoms with van der Waals surface area (Å²) in [5, 5.41) is 0. The molecule has 5 nitrogen and oxygen atoms in total. The summed E-state index contributed by atoms with van der Waals surface area (Å²) in [6.07, 6.45) is 65.5. The Morgan fingerprint density at radius 2 is 0.677 bits per heavy atom. The second-order valence-corrected chi connectivity index (χ2v) is 18.1. The van der Waals surface area contributed by atoms with Crippen molar-refractivity contribution in [2.45, 2.75) is 284 Å². The second-order valence-electron chi connectivity index (χ2n) is 18.1. The number of esters is 2. The largest absolute Gasteiger partial charge is 0.462 e. The lowest BCUT2D eigenvalue weighted by Gasteiger charge is -2.18. The van der Waals surface area contributed by atoms with E-state index in [1.807, 2.05) is 0 Å². The highest BCUT2D eigenvalue weighted by Gasteiger charge is 2.17. The van der Waals surface area contributed by atoms with Crippen LogP contribution in [0.15, 0.2) is 48.6 Å². The molecule has 0 fully saturated rings. The Morgan fingerprint density at radius 1 is 0.355 bits per heavy atom. The van der Waals surface area contributed by atoms with Gasteiger partial charge in [-0.05, 0) is 83.5 Å². The van der Waals surface area contributed by atoms with Gasteiger partial charge in [-0.15, -0.1) is 0 Å². The van der Waals surface area contributed by atoms with Crippen molar-refractivity contribution in [2.75, 3.05) is 19.8 Å². The van der Waals surface area contributed by atoms with E-state index >= 15 is 0 Å². The smallest absolute Gasteiger partial charge is 0.306 e. The highest BCUT2D eigenvalue weighted by molar-refractivity contribution is 5.70. The number of allylic oxidation sites excluding steroid dienone is 8. The Morgan fingerprint density at radius 3 is 1.16 bits per heavy atom. The monoisotopic (exact) mass is 869 g/mol. The maximum Gasteiger partial charge on any atom is 0.306 e. The number of rotatable bonds is 50. The number of carbonyl (C=O) groups excluding carboxylic acids is 2. The lowest BCUT2D eigenvalue weighted by molar-refractivity contribution is -0.163. The molecule has 0 aromatic heterocycles. The van der Waals surface area contributed by atoms with Gasteiger partial charge in [0.25, 0.3) is 0 Å². The summed E-state index contributed by atoms with van der Waals surface area (Å²) >= 11 is 0. The summed E-state index contributed by atoms with van der Waals surface area (Å²) in [5.74, 6) is -0.439. The van der Waals surface area contributed by atoms with Gasteiger partial charge in [0, 0.05) is 19.4 Å². The van der Waals surface area contributed by atoms with Gasteiger partial charge in [0.15, 0.2) is 6.10 Å². The standard InChI is InChI=1S/C57H104O5/c1-4-7-10-13-16-19-22-25-28-31-34-37-40-43-46-49-52-60-53-55(62-57(59)51-48-45-42-39-36-33-30-27-24-21-18-15-12-9-6-3)54-61-56(58)50-47-44-41-38-35-32-29-26-23-20-17-14-11-8-5-2/h17,20,26-27,29-30,35,38,55H,4-16,18-19,21-25,28,31-34,36-37,39-54H2,1-3H3/b20-17-,29-26-,30-27-,38-35-/t55-/m1/s1. The third-order valence-corrected chi connectivity index (χ3v) is 11.8. The van der Waals surface area contributed by atoms with Crippen molar-refractivity contribution in [3.63, 3.8) is 0 Å². The molecule has 0 aliphatic carbocycles. The van der Waals surface area contributed by atoms with Gasteiger partial charge in [-0.1, -0.05) is 230 Å². The molecule has 0 aliphatic heterocycles. The van der Waals surface area contributed by atoms with E-state index in [-0.39, 0.29) is 25.2 Å². The van der Waals surface area contributed by atoms with Crippen molar-refractivity contribution in [1.82, 2.24) is 0 Å². The Bertz CT molecular complexity index is 1030. The average Bonchev–Trinajstić information content (AvgIpc) is 3.27. The molecule has 0 aromatic carbocycles. The summed E-state index contributed by atoms with van der Waals surface area (Å²) in [4.78, 5) is 25.4. The summed E-state index contributed by atoms with van der Waals surface area (Å²) in [7, 11) is 0. The third kappa shape index (κ3) is 50.5. The molecule has 0 radical (unpaired) electrons. The van der Waals surface area contributed by atoms with Gasteiger partial charge in [-0.3, -0.25) is 9.59 Å². The lowest BCUT2D eigenvalue weighted by Crippen LogP contribution is -2.30. The first kappa shape index (κ1) is 59.9. The maximum atomic E-state index is 12.8. The predicted molar refractivity (Wildman–Crippen MR) is 270 cm³/mol. The highest BCUT2D eigenvalue weighted by Crippen LogP contribution is 2.15.